The number of H-pyrrole nitrogens is 1. The molecule has 2 aromatic heterocycles. The quantitative estimate of drug-likeness (QED) is 0.526. The summed E-state index contributed by atoms with van der Waals surface area (Å²) in [5.74, 6) is -0.464. The van der Waals surface area contributed by atoms with Gasteiger partial charge in [0.1, 0.15) is 11.5 Å². The third-order valence-corrected chi connectivity index (χ3v) is 5.37. The van der Waals surface area contributed by atoms with Gasteiger partial charge in [-0.15, -0.1) is 0 Å². The van der Waals surface area contributed by atoms with E-state index in [-0.39, 0.29) is 10.7 Å². The van der Waals surface area contributed by atoms with Crippen molar-refractivity contribution in [1.82, 2.24) is 19.3 Å². The molecule has 5 nitrogen and oxygen atoms in total. The summed E-state index contributed by atoms with van der Waals surface area (Å²) in [5.41, 5.74) is 5.93. The van der Waals surface area contributed by atoms with Crippen LogP contribution in [-0.2, 0) is 13.1 Å². The SMILES string of the molecule is CCn1c(=O)n(CC)c2cc(-c3c(-c4ccc(F)c(Cl)c4)n[nH]c3C)ccc21. The highest BCUT2D eigenvalue weighted by Crippen LogP contribution is 2.35. The van der Waals surface area contributed by atoms with Crippen LogP contribution < -0.4 is 5.69 Å². The van der Waals surface area contributed by atoms with E-state index in [0.29, 0.717) is 18.8 Å². The van der Waals surface area contributed by atoms with Crippen molar-refractivity contribution < 1.29 is 4.39 Å². The van der Waals surface area contributed by atoms with E-state index in [1.54, 1.807) is 21.3 Å². The Morgan fingerprint density at radius 2 is 1.71 bits per heavy atom. The summed E-state index contributed by atoms with van der Waals surface area (Å²) in [7, 11) is 0. The number of hydrogen-bond donors (Lipinski definition) is 1. The molecule has 0 aliphatic rings. The van der Waals surface area contributed by atoms with E-state index >= 15 is 0 Å². The molecule has 4 aromatic rings. The van der Waals surface area contributed by atoms with Crippen LogP contribution in [0.4, 0.5) is 4.39 Å². The summed E-state index contributed by atoms with van der Waals surface area (Å²) in [4.78, 5) is 12.6. The predicted octanol–water partition coefficient (Wildman–Crippen LogP) is 5.00. The topological polar surface area (TPSA) is 55.6 Å². The molecule has 0 spiro atoms. The molecule has 0 radical (unpaired) electrons. The van der Waals surface area contributed by atoms with E-state index in [0.717, 1.165) is 33.4 Å². The molecule has 0 fully saturated rings. The maximum atomic E-state index is 13.6. The third-order valence-electron chi connectivity index (χ3n) is 5.08. The maximum Gasteiger partial charge on any atom is 0.329 e. The van der Waals surface area contributed by atoms with Crippen molar-refractivity contribution in [3.8, 4) is 22.4 Å². The van der Waals surface area contributed by atoms with E-state index in [1.807, 2.05) is 39.0 Å². The number of imidazole rings is 1. The zero-order valence-electron chi connectivity index (χ0n) is 15.9. The Balaban J connectivity index is 1.95. The average Bonchev–Trinajstić information content (AvgIpc) is 3.19. The molecule has 2 heterocycles. The average molecular weight is 399 g/mol. The monoisotopic (exact) mass is 398 g/mol. The smallest absolute Gasteiger partial charge is 0.292 e. The number of nitrogens with zero attached hydrogens (tertiary/aromatic N) is 3. The second kappa shape index (κ2) is 6.95. The first-order valence-corrected chi connectivity index (χ1v) is 9.57. The Morgan fingerprint density at radius 1 is 1.04 bits per heavy atom. The number of aromatic amines is 1. The number of halogens is 2. The van der Waals surface area contributed by atoms with Crippen LogP contribution in [0.5, 0.6) is 0 Å². The number of hydrogen-bond acceptors (Lipinski definition) is 2. The van der Waals surface area contributed by atoms with Gasteiger partial charge in [0.2, 0.25) is 0 Å². The Kier molecular flexibility index (Phi) is 4.59. The molecule has 7 heteroatoms. The van der Waals surface area contributed by atoms with Crippen molar-refractivity contribution in [1.29, 1.82) is 0 Å². The highest BCUT2D eigenvalue weighted by Gasteiger charge is 2.18. The highest BCUT2D eigenvalue weighted by molar-refractivity contribution is 6.31. The summed E-state index contributed by atoms with van der Waals surface area (Å²) in [6.07, 6.45) is 0. The summed E-state index contributed by atoms with van der Waals surface area (Å²) >= 11 is 5.97. The van der Waals surface area contributed by atoms with Gasteiger partial charge in [0, 0.05) is 29.9 Å². The first-order chi connectivity index (χ1) is 13.5. The fourth-order valence-corrected chi connectivity index (χ4v) is 3.90. The lowest BCUT2D eigenvalue weighted by Gasteiger charge is -2.07. The van der Waals surface area contributed by atoms with Crippen LogP contribution in [0.25, 0.3) is 33.4 Å². The normalized spacial score (nSPS) is 11.5. The fraction of sp³-hybridized carbons (Fsp3) is 0.238. The van der Waals surface area contributed by atoms with Crippen LogP contribution in [0.3, 0.4) is 0 Å². The first kappa shape index (κ1) is 18.5. The molecule has 0 aliphatic heterocycles. The van der Waals surface area contributed by atoms with Crippen LogP contribution in [0, 0.1) is 12.7 Å². The van der Waals surface area contributed by atoms with E-state index in [2.05, 4.69) is 10.2 Å². The van der Waals surface area contributed by atoms with Gasteiger partial charge in [0.25, 0.3) is 0 Å². The van der Waals surface area contributed by atoms with E-state index < -0.39 is 5.82 Å². The molecule has 0 amide bonds. The van der Waals surface area contributed by atoms with Crippen LogP contribution >= 0.6 is 11.6 Å². The van der Waals surface area contributed by atoms with Crippen molar-refractivity contribution in [3.05, 3.63) is 63.4 Å². The third kappa shape index (κ3) is 2.76. The van der Waals surface area contributed by atoms with Crippen molar-refractivity contribution in [2.24, 2.45) is 0 Å². The lowest BCUT2D eigenvalue weighted by Crippen LogP contribution is -2.22. The van der Waals surface area contributed by atoms with Gasteiger partial charge < -0.3 is 0 Å². The molecule has 1 N–H and O–H groups in total. The molecule has 0 unspecified atom stereocenters. The summed E-state index contributed by atoms with van der Waals surface area (Å²) in [6.45, 7) is 7.07. The van der Waals surface area contributed by atoms with E-state index in [9.17, 15) is 9.18 Å². The highest BCUT2D eigenvalue weighted by atomic mass is 35.5. The van der Waals surface area contributed by atoms with Crippen LogP contribution in [-0.4, -0.2) is 19.3 Å². The van der Waals surface area contributed by atoms with Crippen molar-refractivity contribution in [2.45, 2.75) is 33.9 Å². The second-order valence-electron chi connectivity index (χ2n) is 6.68. The molecule has 0 saturated carbocycles. The fourth-order valence-electron chi connectivity index (χ4n) is 3.72. The molecular weight excluding hydrogens is 379 g/mol. The van der Waals surface area contributed by atoms with Crippen molar-refractivity contribution in [3.63, 3.8) is 0 Å². The van der Waals surface area contributed by atoms with Gasteiger partial charge in [-0.2, -0.15) is 5.10 Å². The van der Waals surface area contributed by atoms with Gasteiger partial charge >= 0.3 is 5.69 Å². The second-order valence-corrected chi connectivity index (χ2v) is 7.08. The molecule has 2 aromatic carbocycles. The van der Waals surface area contributed by atoms with Gasteiger partial charge in [-0.3, -0.25) is 14.2 Å². The van der Waals surface area contributed by atoms with Gasteiger partial charge in [-0.1, -0.05) is 17.7 Å². The number of fused-ring (bicyclic) bond motifs is 1. The van der Waals surface area contributed by atoms with Gasteiger partial charge in [-0.05, 0) is 56.7 Å². The number of aromatic nitrogens is 4. The predicted molar refractivity (Wildman–Crippen MR) is 110 cm³/mol. The number of nitrogens with one attached hydrogen (secondary N) is 1. The Bertz CT molecular complexity index is 1250. The largest absolute Gasteiger partial charge is 0.329 e. The van der Waals surface area contributed by atoms with Gasteiger partial charge in [-0.25, -0.2) is 9.18 Å². The van der Waals surface area contributed by atoms with Gasteiger partial charge in [0.05, 0.1) is 16.1 Å². The van der Waals surface area contributed by atoms with Crippen LogP contribution in [0.15, 0.2) is 41.2 Å². The summed E-state index contributed by atoms with van der Waals surface area (Å²) in [5, 5.41) is 7.48. The Labute approximate surface area is 166 Å². The van der Waals surface area contributed by atoms with Crippen LogP contribution in [0.1, 0.15) is 19.5 Å². The molecule has 0 saturated heterocycles. The Hall–Kier alpha value is -2.86. The Morgan fingerprint density at radius 3 is 2.39 bits per heavy atom. The minimum Gasteiger partial charge on any atom is -0.292 e. The molecule has 144 valence electrons. The number of benzene rings is 2. The minimum absolute atomic E-state index is 0.00777. The molecule has 0 atom stereocenters. The lowest BCUT2D eigenvalue weighted by atomic mass is 9.99. The van der Waals surface area contributed by atoms with Crippen molar-refractivity contribution >= 4 is 22.6 Å². The number of rotatable bonds is 4. The zero-order chi connectivity index (χ0) is 20.0. The molecule has 0 aliphatic carbocycles. The summed E-state index contributed by atoms with van der Waals surface area (Å²) in [6, 6.07) is 10.5. The van der Waals surface area contributed by atoms with Crippen LogP contribution in [0.2, 0.25) is 5.02 Å². The molecule has 4 rings (SSSR count). The van der Waals surface area contributed by atoms with E-state index in [4.69, 9.17) is 11.6 Å². The maximum absolute atomic E-state index is 13.6. The van der Waals surface area contributed by atoms with E-state index in [1.165, 1.54) is 6.07 Å². The summed E-state index contributed by atoms with van der Waals surface area (Å²) < 4.78 is 17.1. The molecule has 28 heavy (non-hydrogen) atoms. The molecular formula is C21H20ClFN4O. The standard InChI is InChI=1S/C21H20ClFN4O/c1-4-26-17-9-7-13(11-18(17)27(5-2)21(26)28)19-12(3)24-25-20(19)14-6-8-16(23)15(22)10-14/h6-11H,4-5H2,1-3H3,(H,24,25). The van der Waals surface area contributed by atoms with Gasteiger partial charge in [0.15, 0.2) is 0 Å². The molecule has 0 bridgehead atoms. The number of aryl methyl sites for hydroxylation is 3. The lowest BCUT2D eigenvalue weighted by molar-refractivity contribution is 0.628. The minimum atomic E-state index is -0.464. The first-order valence-electron chi connectivity index (χ1n) is 9.20. The van der Waals surface area contributed by atoms with Crippen molar-refractivity contribution in [2.75, 3.05) is 0 Å². The zero-order valence-corrected chi connectivity index (χ0v) is 16.6.